The molecule has 94 heavy (non-hydrogen) atoms. The summed E-state index contributed by atoms with van der Waals surface area (Å²) in [7, 11) is -9.91. The molecule has 0 aromatic carbocycles. The van der Waals surface area contributed by atoms with Gasteiger partial charge in [-0.2, -0.15) is 0 Å². The molecule has 0 saturated carbocycles. The molecular weight excluding hydrogens is 1230 g/mol. The maximum Gasteiger partial charge on any atom is 0.472 e. The van der Waals surface area contributed by atoms with E-state index in [1.807, 2.05) is 0 Å². The van der Waals surface area contributed by atoms with Crippen molar-refractivity contribution < 1.29 is 80.2 Å². The van der Waals surface area contributed by atoms with Crippen molar-refractivity contribution in [2.75, 3.05) is 39.6 Å². The van der Waals surface area contributed by atoms with Gasteiger partial charge in [-0.1, -0.05) is 337 Å². The fourth-order valence-electron chi connectivity index (χ4n) is 11.5. The number of carbonyl (C=O) groups excluding carboxylic acids is 4. The highest BCUT2D eigenvalue weighted by Crippen LogP contribution is 2.45. The van der Waals surface area contributed by atoms with Crippen molar-refractivity contribution >= 4 is 39.5 Å². The first-order chi connectivity index (χ1) is 45.4. The SMILES string of the molecule is CCCCCCCCCCCCCCCCCCCCCC(=O)O[C@H](COC(=O)CCCCCCCCCCCCCCC(C)C)COP(=O)(O)OC[C@@H](O)COP(=O)(O)OC[C@@H](COC(=O)CCCCCCCCCCCC)OC(=O)CCCCCCCCCC(C)C. The summed E-state index contributed by atoms with van der Waals surface area (Å²) >= 11 is 0. The van der Waals surface area contributed by atoms with Crippen molar-refractivity contribution in [1.29, 1.82) is 0 Å². The van der Waals surface area contributed by atoms with E-state index >= 15 is 0 Å². The lowest BCUT2D eigenvalue weighted by Gasteiger charge is -2.21. The molecule has 0 bridgehead atoms. The summed E-state index contributed by atoms with van der Waals surface area (Å²) in [6, 6.07) is 0. The number of hydrogen-bond acceptors (Lipinski definition) is 15. The van der Waals surface area contributed by atoms with Gasteiger partial charge >= 0.3 is 39.5 Å². The number of carbonyl (C=O) groups is 4. The summed E-state index contributed by atoms with van der Waals surface area (Å²) in [5, 5.41) is 10.6. The lowest BCUT2D eigenvalue weighted by molar-refractivity contribution is -0.161. The standard InChI is InChI=1S/C75H146O17P2/c1-7-9-11-13-15-17-19-20-21-22-23-24-25-26-31-35-41-47-53-59-74(79)91-70(63-86-73(78)58-52-46-40-34-30-28-27-29-32-37-43-49-55-67(3)4)65-89-93(81,82)87-61-69(76)62-88-94(83,84)90-66-71(92-75(80)60-54-48-42-36-38-44-50-56-68(5)6)64-85-72(77)57-51-45-39-33-18-16-14-12-10-8-2/h67-71,76H,7-66H2,1-6H3,(H,81,82)(H,83,84)/t69-,70-,71-/m1/s1. The molecule has 17 nitrogen and oxygen atoms in total. The van der Waals surface area contributed by atoms with Crippen molar-refractivity contribution in [3.8, 4) is 0 Å². The van der Waals surface area contributed by atoms with E-state index in [0.29, 0.717) is 31.6 Å². The van der Waals surface area contributed by atoms with E-state index in [0.717, 1.165) is 95.8 Å². The fraction of sp³-hybridized carbons (Fsp3) is 0.947. The molecular formula is C75H146O17P2. The number of esters is 4. The number of ether oxygens (including phenoxy) is 4. The Hall–Kier alpha value is -1.94. The van der Waals surface area contributed by atoms with Crippen LogP contribution in [0.4, 0.5) is 0 Å². The Morgan fingerprint density at radius 3 is 0.723 bits per heavy atom. The first-order valence-electron chi connectivity index (χ1n) is 39.0. The largest absolute Gasteiger partial charge is 0.472 e. The molecule has 5 atom stereocenters. The lowest BCUT2D eigenvalue weighted by Crippen LogP contribution is -2.30. The van der Waals surface area contributed by atoms with Crippen molar-refractivity contribution in [1.82, 2.24) is 0 Å². The molecule has 0 heterocycles. The van der Waals surface area contributed by atoms with E-state index in [4.69, 9.17) is 37.0 Å². The Morgan fingerprint density at radius 2 is 0.489 bits per heavy atom. The predicted octanol–water partition coefficient (Wildman–Crippen LogP) is 21.9. The van der Waals surface area contributed by atoms with Crippen LogP contribution in [0.2, 0.25) is 0 Å². The molecule has 3 N–H and O–H groups in total. The maximum absolute atomic E-state index is 13.1. The third-order valence-electron chi connectivity index (χ3n) is 17.5. The zero-order valence-corrected chi connectivity index (χ0v) is 63.1. The minimum Gasteiger partial charge on any atom is -0.462 e. The van der Waals surface area contributed by atoms with E-state index in [-0.39, 0.29) is 25.7 Å². The second-order valence-electron chi connectivity index (χ2n) is 28.0. The highest BCUT2D eigenvalue weighted by Gasteiger charge is 2.30. The number of phosphoric acid groups is 2. The normalized spacial score (nSPS) is 14.0. The summed E-state index contributed by atoms with van der Waals surface area (Å²) in [6.45, 7) is 9.53. The van der Waals surface area contributed by atoms with Gasteiger partial charge in [0.1, 0.15) is 19.3 Å². The Labute approximate surface area is 575 Å². The second-order valence-corrected chi connectivity index (χ2v) is 30.9. The van der Waals surface area contributed by atoms with Crippen LogP contribution in [0.15, 0.2) is 0 Å². The Kier molecular flexibility index (Phi) is 65.5. The summed E-state index contributed by atoms with van der Waals surface area (Å²) in [5.74, 6) is -0.642. The molecule has 0 spiro atoms. The Balaban J connectivity index is 5.21. The molecule has 0 aliphatic heterocycles. The first-order valence-corrected chi connectivity index (χ1v) is 42.0. The van der Waals surface area contributed by atoms with Crippen LogP contribution in [0.1, 0.15) is 388 Å². The molecule has 0 saturated heterocycles. The molecule has 0 aromatic rings. The van der Waals surface area contributed by atoms with E-state index in [1.165, 1.54) is 205 Å². The average molecular weight is 1380 g/mol. The molecule has 0 radical (unpaired) electrons. The van der Waals surface area contributed by atoms with Gasteiger partial charge in [0.05, 0.1) is 26.4 Å². The molecule has 0 aliphatic rings. The van der Waals surface area contributed by atoms with E-state index in [1.54, 1.807) is 0 Å². The zero-order valence-electron chi connectivity index (χ0n) is 61.3. The van der Waals surface area contributed by atoms with Gasteiger partial charge in [0, 0.05) is 25.7 Å². The predicted molar refractivity (Wildman–Crippen MR) is 381 cm³/mol. The van der Waals surface area contributed by atoms with Gasteiger partial charge in [-0.05, 0) is 37.5 Å². The number of rotatable bonds is 74. The van der Waals surface area contributed by atoms with Crippen LogP contribution in [-0.4, -0.2) is 96.7 Å². The van der Waals surface area contributed by atoms with Crippen LogP contribution < -0.4 is 0 Å². The van der Waals surface area contributed by atoms with Crippen LogP contribution in [-0.2, 0) is 65.4 Å². The number of unbranched alkanes of at least 4 members (excludes halogenated alkanes) is 44. The lowest BCUT2D eigenvalue weighted by atomic mass is 10.0. The highest BCUT2D eigenvalue weighted by molar-refractivity contribution is 7.47. The highest BCUT2D eigenvalue weighted by atomic mass is 31.2. The van der Waals surface area contributed by atoms with E-state index in [2.05, 4.69) is 41.5 Å². The summed E-state index contributed by atoms with van der Waals surface area (Å²) in [5.41, 5.74) is 0. The molecule has 2 unspecified atom stereocenters. The summed E-state index contributed by atoms with van der Waals surface area (Å²) in [6.07, 6.45) is 54.2. The average Bonchev–Trinajstić information content (AvgIpc) is 1.99. The minimum absolute atomic E-state index is 0.104. The number of aliphatic hydroxyl groups excluding tert-OH is 1. The first kappa shape index (κ1) is 92.1. The van der Waals surface area contributed by atoms with Gasteiger partial charge in [0.25, 0.3) is 0 Å². The third kappa shape index (κ3) is 68.6. The molecule has 0 amide bonds. The van der Waals surface area contributed by atoms with Gasteiger partial charge in [-0.3, -0.25) is 37.3 Å². The van der Waals surface area contributed by atoms with E-state index in [9.17, 15) is 43.2 Å². The van der Waals surface area contributed by atoms with Crippen LogP contribution >= 0.6 is 15.6 Å². The molecule has 0 aromatic heterocycles. The molecule has 0 rings (SSSR count). The zero-order chi connectivity index (χ0) is 69.3. The van der Waals surface area contributed by atoms with Gasteiger partial charge in [0.15, 0.2) is 12.2 Å². The molecule has 19 heteroatoms. The van der Waals surface area contributed by atoms with Crippen LogP contribution in [0.25, 0.3) is 0 Å². The van der Waals surface area contributed by atoms with Crippen molar-refractivity contribution in [3.63, 3.8) is 0 Å². The molecule has 558 valence electrons. The van der Waals surface area contributed by atoms with Crippen molar-refractivity contribution in [2.24, 2.45) is 11.8 Å². The van der Waals surface area contributed by atoms with Gasteiger partial charge in [-0.25, -0.2) is 9.13 Å². The minimum atomic E-state index is -4.96. The van der Waals surface area contributed by atoms with Crippen LogP contribution in [0.3, 0.4) is 0 Å². The second kappa shape index (κ2) is 66.9. The van der Waals surface area contributed by atoms with Crippen molar-refractivity contribution in [2.45, 2.75) is 407 Å². The monoisotopic (exact) mass is 1380 g/mol. The quantitative estimate of drug-likeness (QED) is 0.0222. The smallest absolute Gasteiger partial charge is 0.462 e. The third-order valence-corrected chi connectivity index (χ3v) is 19.4. The van der Waals surface area contributed by atoms with Gasteiger partial charge in [0.2, 0.25) is 0 Å². The van der Waals surface area contributed by atoms with Crippen LogP contribution in [0, 0.1) is 11.8 Å². The topological polar surface area (TPSA) is 237 Å². The number of hydrogen-bond donors (Lipinski definition) is 3. The molecule has 0 aliphatic carbocycles. The van der Waals surface area contributed by atoms with Gasteiger partial charge in [-0.15, -0.1) is 0 Å². The molecule has 0 fully saturated rings. The summed E-state index contributed by atoms with van der Waals surface area (Å²) in [4.78, 5) is 72.7. The number of aliphatic hydroxyl groups is 1. The van der Waals surface area contributed by atoms with Gasteiger partial charge < -0.3 is 33.8 Å². The Bertz CT molecular complexity index is 1820. The fourth-order valence-corrected chi connectivity index (χ4v) is 13.1. The van der Waals surface area contributed by atoms with Crippen LogP contribution in [0.5, 0.6) is 0 Å². The van der Waals surface area contributed by atoms with E-state index < -0.39 is 97.5 Å². The number of phosphoric ester groups is 2. The Morgan fingerprint density at radius 1 is 0.287 bits per heavy atom. The summed E-state index contributed by atoms with van der Waals surface area (Å²) < 4.78 is 68.4. The maximum atomic E-state index is 13.1. The van der Waals surface area contributed by atoms with Crippen molar-refractivity contribution in [3.05, 3.63) is 0 Å².